The smallest absolute Gasteiger partial charge is 0.249 e. The van der Waals surface area contributed by atoms with Crippen molar-refractivity contribution in [2.24, 2.45) is 28.2 Å². The van der Waals surface area contributed by atoms with Crippen LogP contribution in [-0.4, -0.2) is 127 Å². The van der Waals surface area contributed by atoms with Gasteiger partial charge in [0.15, 0.2) is 5.76 Å². The topological polar surface area (TPSA) is 210 Å². The summed E-state index contributed by atoms with van der Waals surface area (Å²) in [4.78, 5) is 40.4. The molecule has 0 bridgehead atoms. The molecule has 15 heteroatoms. The molecule has 4 rings (SSSR count). The number of imide groups is 1. The molecule has 0 spiro atoms. The number of unbranched alkanes of at least 4 members (excludes halogenated alkanes) is 3. The number of aliphatic hydroxyl groups excluding tert-OH is 1. The number of piperidine rings is 1. The standard InChI is InChI=1S/C40H65ClN8O6/c1-26(10-11-27(24-42)35(52)47-37-39(2,3)38(40(37,4)5)55-28-12-13-31(44)30(41)22-28)49-19-17-48(18-20-49)16-8-6-7-9-21-54-29(25-43)23-34(51)45-32-14-15-33(50)46-36(32)53/h10-13,22-23,25-27,30-32,35,37-38,43,47,52H,6-9,14-21,24,42,44H2,1-5H3,(H,45,51)(H,46,50,53)/p+1/b11-10-,29-23+,43-25?. The Hall–Kier alpha value is -3.11. The van der Waals surface area contributed by atoms with E-state index in [1.54, 1.807) is 0 Å². The molecule has 3 fully saturated rings. The van der Waals surface area contributed by atoms with E-state index in [0.717, 1.165) is 64.2 Å². The van der Waals surface area contributed by atoms with Crippen molar-refractivity contribution in [3.63, 3.8) is 0 Å². The number of ether oxygens (including phenoxy) is 2. The molecule has 2 heterocycles. The van der Waals surface area contributed by atoms with E-state index in [2.05, 4.69) is 72.5 Å². The summed E-state index contributed by atoms with van der Waals surface area (Å²) in [6, 6.07) is -0.747. The number of hydrogen-bond acceptors (Lipinski definition) is 11. The third-order valence-corrected chi connectivity index (χ3v) is 11.9. The summed E-state index contributed by atoms with van der Waals surface area (Å²) in [7, 11) is 0. The molecular weight excluding hydrogens is 724 g/mol. The molecule has 14 nitrogen and oxygen atoms in total. The number of nitrogens with one attached hydrogen (secondary N) is 3. The lowest BCUT2D eigenvalue weighted by atomic mass is 9.49. The number of piperazine rings is 1. The number of carbonyl (C=O) groups excluding carboxylic acids is 3. The molecule has 308 valence electrons. The Kier molecular flexibility index (Phi) is 16.5. The SMILES string of the molecule is CC(/C=C\C(CN)C(O)NC1C(C)(C)C(OC2=CC(Cl)C(N)C=C2)C1(C)C)N1CCN(CCCCCCO/C(C=[NH2+])=C/C(=O)NC2CCC(=O)NC2=O)CC1. The molecule has 55 heavy (non-hydrogen) atoms. The lowest BCUT2D eigenvalue weighted by Gasteiger charge is -2.64. The Bertz CT molecular complexity index is 1440. The van der Waals surface area contributed by atoms with Gasteiger partial charge in [-0.15, -0.1) is 11.6 Å². The van der Waals surface area contributed by atoms with Gasteiger partial charge in [-0.25, -0.2) is 0 Å². The highest BCUT2D eigenvalue weighted by Gasteiger charge is 2.64. The fourth-order valence-electron chi connectivity index (χ4n) is 8.43. The number of nitrogens with two attached hydrogens (primary N) is 3. The summed E-state index contributed by atoms with van der Waals surface area (Å²) in [6.45, 7) is 16.6. The zero-order valence-corrected chi connectivity index (χ0v) is 34.1. The molecule has 0 radical (unpaired) electrons. The van der Waals surface area contributed by atoms with E-state index >= 15 is 0 Å². The van der Waals surface area contributed by atoms with E-state index in [1.165, 1.54) is 12.3 Å². The van der Waals surface area contributed by atoms with E-state index < -0.39 is 24.1 Å². The second-order valence-corrected chi connectivity index (χ2v) is 17.0. The monoisotopic (exact) mass is 789 g/mol. The van der Waals surface area contributed by atoms with Crippen molar-refractivity contribution in [2.45, 2.75) is 115 Å². The Balaban J connectivity index is 1.10. The van der Waals surface area contributed by atoms with E-state index in [1.807, 2.05) is 18.2 Å². The van der Waals surface area contributed by atoms with Gasteiger partial charge >= 0.3 is 0 Å². The van der Waals surface area contributed by atoms with Crippen molar-refractivity contribution in [1.29, 1.82) is 0 Å². The third-order valence-electron chi connectivity index (χ3n) is 11.5. The largest absolute Gasteiger partial charge is 0.489 e. The maximum atomic E-state index is 12.3. The van der Waals surface area contributed by atoms with Gasteiger partial charge in [0.2, 0.25) is 23.9 Å². The van der Waals surface area contributed by atoms with Crippen LogP contribution in [0.25, 0.3) is 0 Å². The van der Waals surface area contributed by atoms with Gasteiger partial charge in [0.25, 0.3) is 0 Å². The Morgan fingerprint density at radius 2 is 1.82 bits per heavy atom. The van der Waals surface area contributed by atoms with Crippen LogP contribution in [0.4, 0.5) is 0 Å². The molecule has 3 amide bonds. The fourth-order valence-corrected chi connectivity index (χ4v) is 8.64. The summed E-state index contributed by atoms with van der Waals surface area (Å²) in [5.74, 6) is -0.603. The van der Waals surface area contributed by atoms with Crippen molar-refractivity contribution in [2.75, 3.05) is 45.9 Å². The van der Waals surface area contributed by atoms with Gasteiger partial charge in [-0.05, 0) is 44.9 Å². The predicted molar refractivity (Wildman–Crippen MR) is 214 cm³/mol. The zero-order valence-electron chi connectivity index (χ0n) is 33.3. The molecule has 6 atom stereocenters. The number of alkyl halides is 1. The first-order valence-electron chi connectivity index (χ1n) is 19.9. The molecule has 2 saturated heterocycles. The normalized spacial score (nSPS) is 28.8. The maximum Gasteiger partial charge on any atom is 0.249 e. The Labute approximate surface area is 332 Å². The Morgan fingerprint density at radius 3 is 2.45 bits per heavy atom. The van der Waals surface area contributed by atoms with Gasteiger partial charge in [0.05, 0.1) is 18.1 Å². The van der Waals surface area contributed by atoms with Crippen LogP contribution in [-0.2, 0) is 23.9 Å². The minimum Gasteiger partial charge on any atom is -0.489 e. The molecule has 6 unspecified atom stereocenters. The van der Waals surface area contributed by atoms with Crippen LogP contribution in [0.5, 0.6) is 0 Å². The fraction of sp³-hybridized carbons (Fsp3) is 0.700. The van der Waals surface area contributed by atoms with Crippen molar-refractivity contribution >= 4 is 35.5 Å². The number of aliphatic hydroxyl groups is 1. The van der Waals surface area contributed by atoms with Gasteiger partial charge in [0, 0.05) is 74.0 Å². The second kappa shape index (κ2) is 20.4. The van der Waals surface area contributed by atoms with E-state index in [0.29, 0.717) is 13.2 Å². The van der Waals surface area contributed by atoms with Gasteiger partial charge in [-0.2, -0.15) is 0 Å². The average Bonchev–Trinajstić information content (AvgIpc) is 3.14. The van der Waals surface area contributed by atoms with Crippen molar-refractivity contribution < 1.29 is 34.4 Å². The summed E-state index contributed by atoms with van der Waals surface area (Å²) in [5, 5.41) is 24.9. The predicted octanol–water partition coefficient (Wildman–Crippen LogP) is 0.452. The number of hydrogen-bond donors (Lipinski definition) is 7. The summed E-state index contributed by atoms with van der Waals surface area (Å²) >= 11 is 6.35. The first-order chi connectivity index (χ1) is 26.1. The molecule has 2 aliphatic heterocycles. The van der Waals surface area contributed by atoms with Gasteiger partial charge in [0.1, 0.15) is 24.1 Å². The van der Waals surface area contributed by atoms with E-state index in [4.69, 9.17) is 38.0 Å². The number of halogens is 1. The minimum absolute atomic E-state index is 0.00277. The van der Waals surface area contributed by atoms with Crippen LogP contribution in [0.2, 0.25) is 0 Å². The van der Waals surface area contributed by atoms with Crippen molar-refractivity contribution in [1.82, 2.24) is 25.8 Å². The molecule has 2 aliphatic carbocycles. The van der Waals surface area contributed by atoms with Crippen LogP contribution in [0.3, 0.4) is 0 Å². The first kappa shape index (κ1) is 44.6. The molecule has 0 aromatic rings. The van der Waals surface area contributed by atoms with Crippen LogP contribution in [0.1, 0.15) is 73.1 Å². The zero-order chi connectivity index (χ0) is 40.3. The molecule has 0 aromatic carbocycles. The summed E-state index contributed by atoms with van der Waals surface area (Å²) < 4.78 is 12.1. The molecular formula is C40H66ClN8O6+. The van der Waals surface area contributed by atoms with Crippen LogP contribution < -0.4 is 32.8 Å². The van der Waals surface area contributed by atoms with Crippen molar-refractivity contribution in [3.8, 4) is 0 Å². The van der Waals surface area contributed by atoms with Gasteiger partial charge in [-0.1, -0.05) is 58.8 Å². The average molecular weight is 790 g/mol. The number of allylic oxidation sites excluding steroid dienone is 2. The molecule has 10 N–H and O–H groups in total. The highest BCUT2D eigenvalue weighted by molar-refractivity contribution is 6.22. The quantitative estimate of drug-likeness (QED) is 0.0132. The lowest BCUT2D eigenvalue weighted by molar-refractivity contribution is -0.202. The molecule has 0 aromatic heterocycles. The van der Waals surface area contributed by atoms with E-state index in [9.17, 15) is 19.5 Å². The maximum absolute atomic E-state index is 12.3. The number of amides is 3. The highest BCUT2D eigenvalue weighted by Crippen LogP contribution is 2.56. The first-order valence-corrected chi connectivity index (χ1v) is 20.3. The molecule has 1 saturated carbocycles. The third kappa shape index (κ3) is 12.2. The summed E-state index contributed by atoms with van der Waals surface area (Å²) in [6.07, 6.45) is 15.9. The number of carbonyl (C=O) groups is 3. The van der Waals surface area contributed by atoms with Gasteiger partial charge < -0.3 is 36.3 Å². The van der Waals surface area contributed by atoms with Crippen LogP contribution in [0, 0.1) is 16.7 Å². The molecule has 4 aliphatic rings. The minimum atomic E-state index is -0.795. The summed E-state index contributed by atoms with van der Waals surface area (Å²) in [5.41, 5.74) is 11.7. The lowest BCUT2D eigenvalue weighted by Crippen LogP contribution is -2.74. The number of rotatable bonds is 20. The highest BCUT2D eigenvalue weighted by atomic mass is 35.5. The van der Waals surface area contributed by atoms with Gasteiger partial charge in [-0.3, -0.25) is 35.3 Å². The second-order valence-electron chi connectivity index (χ2n) is 16.5. The van der Waals surface area contributed by atoms with E-state index in [-0.39, 0.29) is 70.9 Å². The number of nitrogens with zero attached hydrogens (tertiary/aromatic N) is 2. The van der Waals surface area contributed by atoms with Crippen LogP contribution in [0.15, 0.2) is 48.0 Å². The van der Waals surface area contributed by atoms with Crippen LogP contribution >= 0.6 is 11.6 Å². The Morgan fingerprint density at radius 1 is 1.13 bits per heavy atom. The van der Waals surface area contributed by atoms with Crippen molar-refractivity contribution in [3.05, 3.63) is 48.0 Å².